The summed E-state index contributed by atoms with van der Waals surface area (Å²) in [5, 5.41) is 12.8. The molecule has 5 nitrogen and oxygen atoms in total. The Morgan fingerprint density at radius 2 is 2.07 bits per heavy atom. The van der Waals surface area contributed by atoms with E-state index >= 15 is 0 Å². The number of thiophene rings is 1. The lowest BCUT2D eigenvalue weighted by atomic mass is 9.93. The second-order valence-corrected chi connectivity index (χ2v) is 9.06. The minimum Gasteiger partial charge on any atom is -0.479 e. The fourth-order valence-electron chi connectivity index (χ4n) is 4.31. The molecule has 6 heteroatoms. The Balaban J connectivity index is 1.58. The number of benzene rings is 1. The number of carbonyl (C=O) groups excluding carboxylic acids is 1. The van der Waals surface area contributed by atoms with Crippen molar-refractivity contribution in [2.24, 2.45) is 4.99 Å². The zero-order valence-corrected chi connectivity index (χ0v) is 18.0. The average Bonchev–Trinajstić information content (AvgIpc) is 3.16. The zero-order chi connectivity index (χ0) is 20.8. The van der Waals surface area contributed by atoms with Crippen molar-refractivity contribution in [1.29, 1.82) is 5.26 Å². The molecule has 156 valence electrons. The van der Waals surface area contributed by atoms with E-state index < -0.39 is 0 Å². The smallest absolute Gasteiger partial charge is 0.254 e. The summed E-state index contributed by atoms with van der Waals surface area (Å²) in [6.45, 7) is 0.0176. The lowest BCUT2D eigenvalue weighted by Crippen LogP contribution is -2.36. The Kier molecular flexibility index (Phi) is 6.81. The Morgan fingerprint density at radius 1 is 1.23 bits per heavy atom. The number of ether oxygens (including phenoxy) is 1. The molecule has 2 aliphatic rings. The molecule has 1 aromatic heterocycles. The first kappa shape index (κ1) is 20.6. The number of nitrogens with one attached hydrogen (secondary N) is 1. The summed E-state index contributed by atoms with van der Waals surface area (Å²) < 4.78 is 5.38. The van der Waals surface area contributed by atoms with Gasteiger partial charge in [-0.25, -0.2) is 4.99 Å². The summed E-state index contributed by atoms with van der Waals surface area (Å²) in [4.78, 5) is 19.3. The summed E-state index contributed by atoms with van der Waals surface area (Å²) in [6.07, 6.45) is 11.9. The molecule has 0 saturated heterocycles. The summed E-state index contributed by atoms with van der Waals surface area (Å²) in [5.41, 5.74) is 2.88. The van der Waals surface area contributed by atoms with Crippen molar-refractivity contribution in [1.82, 2.24) is 5.32 Å². The highest BCUT2D eigenvalue weighted by Crippen LogP contribution is 2.40. The van der Waals surface area contributed by atoms with Gasteiger partial charge in [-0.05, 0) is 61.8 Å². The number of nitriles is 1. The lowest BCUT2D eigenvalue weighted by molar-refractivity contribution is 0.0927. The van der Waals surface area contributed by atoms with Gasteiger partial charge in [-0.2, -0.15) is 5.26 Å². The number of hydrogen-bond donors (Lipinski definition) is 1. The number of amides is 1. The van der Waals surface area contributed by atoms with Crippen LogP contribution in [-0.4, -0.2) is 24.8 Å². The maximum absolute atomic E-state index is 13.2. The monoisotopic (exact) mass is 421 g/mol. The number of nitrogens with zero attached hydrogens (tertiary/aromatic N) is 2. The Morgan fingerprint density at radius 3 is 2.90 bits per heavy atom. The first-order valence-corrected chi connectivity index (χ1v) is 11.7. The Labute approximate surface area is 181 Å². The minimum atomic E-state index is 0.0176. The summed E-state index contributed by atoms with van der Waals surface area (Å²) in [7, 11) is 0. The largest absolute Gasteiger partial charge is 0.479 e. The van der Waals surface area contributed by atoms with Crippen molar-refractivity contribution in [3.05, 3.63) is 45.8 Å². The van der Waals surface area contributed by atoms with Gasteiger partial charge >= 0.3 is 0 Å². The highest BCUT2D eigenvalue weighted by molar-refractivity contribution is 7.16. The van der Waals surface area contributed by atoms with Crippen molar-refractivity contribution in [2.75, 3.05) is 6.61 Å². The van der Waals surface area contributed by atoms with Gasteiger partial charge < -0.3 is 10.1 Å². The van der Waals surface area contributed by atoms with Crippen LogP contribution in [0, 0.1) is 11.3 Å². The van der Waals surface area contributed by atoms with Crippen molar-refractivity contribution < 1.29 is 9.53 Å². The fraction of sp³-hybridized carbons (Fsp3) is 0.458. The van der Waals surface area contributed by atoms with Gasteiger partial charge in [-0.3, -0.25) is 4.79 Å². The van der Waals surface area contributed by atoms with Crippen LogP contribution in [0.2, 0.25) is 0 Å². The first-order chi connectivity index (χ1) is 14.7. The van der Waals surface area contributed by atoms with Gasteiger partial charge in [-0.15, -0.1) is 11.3 Å². The molecule has 2 aromatic rings. The average molecular weight is 422 g/mol. The van der Waals surface area contributed by atoms with Crippen LogP contribution in [0.15, 0.2) is 29.3 Å². The van der Waals surface area contributed by atoms with E-state index in [2.05, 4.69) is 5.32 Å². The molecule has 1 N–H and O–H groups in total. The van der Waals surface area contributed by atoms with E-state index in [1.54, 1.807) is 17.6 Å². The zero-order valence-electron chi connectivity index (χ0n) is 17.2. The molecule has 1 aromatic carbocycles. The molecule has 0 radical (unpaired) electrons. The van der Waals surface area contributed by atoms with Crippen molar-refractivity contribution in [2.45, 2.75) is 63.8 Å². The van der Waals surface area contributed by atoms with Crippen LogP contribution >= 0.6 is 11.3 Å². The second kappa shape index (κ2) is 9.90. The number of aryl methyl sites for hydroxylation is 1. The highest BCUT2D eigenvalue weighted by Gasteiger charge is 2.27. The van der Waals surface area contributed by atoms with E-state index in [-0.39, 0.29) is 18.6 Å². The second-order valence-electron chi connectivity index (χ2n) is 7.98. The summed E-state index contributed by atoms with van der Waals surface area (Å²) >= 11 is 1.66. The third kappa shape index (κ3) is 4.91. The van der Waals surface area contributed by atoms with E-state index in [0.29, 0.717) is 5.75 Å². The highest BCUT2D eigenvalue weighted by atomic mass is 32.1. The number of rotatable bonds is 6. The van der Waals surface area contributed by atoms with Gasteiger partial charge in [0.2, 0.25) is 0 Å². The molecular formula is C24H27N3O2S. The van der Waals surface area contributed by atoms with Gasteiger partial charge in [0, 0.05) is 17.1 Å². The molecule has 0 atom stereocenters. The quantitative estimate of drug-likeness (QED) is 0.640. The normalized spacial score (nSPS) is 16.8. The summed E-state index contributed by atoms with van der Waals surface area (Å²) in [6, 6.07) is 9.76. The Hall–Kier alpha value is -2.65. The van der Waals surface area contributed by atoms with Gasteiger partial charge in [-0.1, -0.05) is 31.4 Å². The molecule has 1 amide bonds. The van der Waals surface area contributed by atoms with Crippen LogP contribution in [-0.2, 0) is 12.8 Å². The predicted octanol–water partition coefficient (Wildman–Crippen LogP) is 5.34. The Bertz CT molecular complexity index is 967. The van der Waals surface area contributed by atoms with Crippen LogP contribution < -0.4 is 10.1 Å². The third-order valence-corrected chi connectivity index (χ3v) is 7.01. The minimum absolute atomic E-state index is 0.0176. The van der Waals surface area contributed by atoms with Crippen molar-refractivity contribution >= 4 is 28.5 Å². The van der Waals surface area contributed by atoms with E-state index in [1.165, 1.54) is 36.1 Å². The lowest BCUT2D eigenvalue weighted by Gasteiger charge is -2.23. The predicted molar refractivity (Wildman–Crippen MR) is 120 cm³/mol. The standard InChI is InChI=1S/C24H27N3O2S/c25-13-14-29-19-10-6-7-17(15-19)16-26-24-22(20-11-4-5-12-21(20)30-24)23(28)27-18-8-2-1-3-9-18/h6-7,10,15-16,18H,1-5,8-9,11-12,14H2,(H,27,28). The molecule has 1 heterocycles. The first-order valence-electron chi connectivity index (χ1n) is 10.8. The van der Waals surface area contributed by atoms with Crippen molar-refractivity contribution in [3.8, 4) is 11.8 Å². The van der Waals surface area contributed by atoms with Crippen LogP contribution in [0.3, 0.4) is 0 Å². The maximum atomic E-state index is 13.2. The molecule has 0 spiro atoms. The number of carbonyl (C=O) groups is 1. The molecule has 2 aliphatic carbocycles. The molecule has 0 unspecified atom stereocenters. The van der Waals surface area contributed by atoms with E-state index in [4.69, 9.17) is 15.0 Å². The number of hydrogen-bond acceptors (Lipinski definition) is 5. The fourth-order valence-corrected chi connectivity index (χ4v) is 5.54. The molecule has 1 fully saturated rings. The molecule has 30 heavy (non-hydrogen) atoms. The van der Waals surface area contributed by atoms with Gasteiger partial charge in [0.25, 0.3) is 5.91 Å². The van der Waals surface area contributed by atoms with Crippen molar-refractivity contribution in [3.63, 3.8) is 0 Å². The third-order valence-electron chi connectivity index (χ3n) is 5.81. The van der Waals surface area contributed by atoms with Crippen LogP contribution in [0.5, 0.6) is 5.75 Å². The summed E-state index contributed by atoms with van der Waals surface area (Å²) in [5.74, 6) is 0.681. The van der Waals surface area contributed by atoms with Gasteiger partial charge in [0.15, 0.2) is 6.61 Å². The topological polar surface area (TPSA) is 74.5 Å². The molecule has 0 aliphatic heterocycles. The van der Waals surface area contributed by atoms with Crippen LogP contribution in [0.1, 0.15) is 71.3 Å². The SMILES string of the molecule is N#CCOc1cccc(C=Nc2sc3c(c2C(=O)NC2CCCCC2)CCCC3)c1. The van der Waals surface area contributed by atoms with E-state index in [1.807, 2.05) is 30.3 Å². The molecule has 4 rings (SSSR count). The van der Waals surface area contributed by atoms with E-state index in [0.717, 1.165) is 48.2 Å². The van der Waals surface area contributed by atoms with Gasteiger partial charge in [0.05, 0.1) is 5.56 Å². The molecule has 1 saturated carbocycles. The van der Waals surface area contributed by atoms with Gasteiger partial charge in [0.1, 0.15) is 16.8 Å². The number of aliphatic imine (C=N–C) groups is 1. The maximum Gasteiger partial charge on any atom is 0.254 e. The van der Waals surface area contributed by atoms with Crippen LogP contribution in [0.25, 0.3) is 0 Å². The molecular weight excluding hydrogens is 394 g/mol. The van der Waals surface area contributed by atoms with E-state index in [9.17, 15) is 4.79 Å². The number of fused-ring (bicyclic) bond motifs is 1. The van der Waals surface area contributed by atoms with Crippen LogP contribution in [0.4, 0.5) is 5.00 Å². The molecule has 0 bridgehead atoms.